The van der Waals surface area contributed by atoms with Crippen molar-refractivity contribution in [1.29, 1.82) is 0 Å². The Balaban J connectivity index is 1.36. The number of hydrogen-bond donors (Lipinski definition) is 3. The van der Waals surface area contributed by atoms with Crippen molar-refractivity contribution < 1.29 is 4.79 Å². The van der Waals surface area contributed by atoms with E-state index in [0.717, 1.165) is 43.0 Å². The van der Waals surface area contributed by atoms with Crippen LogP contribution in [0.15, 0.2) is 47.5 Å². The summed E-state index contributed by atoms with van der Waals surface area (Å²) in [6.45, 7) is 4.37. The molecule has 31 heavy (non-hydrogen) atoms. The van der Waals surface area contributed by atoms with Crippen LogP contribution in [0.2, 0.25) is 0 Å². The van der Waals surface area contributed by atoms with Crippen molar-refractivity contribution >= 4 is 17.4 Å². The number of pyridine rings is 2. The van der Waals surface area contributed by atoms with Crippen molar-refractivity contribution in [3.8, 4) is 11.1 Å². The molecule has 1 unspecified atom stereocenters. The molecule has 8 nitrogen and oxygen atoms in total. The zero-order valence-electron chi connectivity index (χ0n) is 17.9. The first kappa shape index (κ1) is 21.1. The zero-order chi connectivity index (χ0) is 21.6. The molecule has 0 radical (unpaired) electrons. The first-order valence-corrected chi connectivity index (χ1v) is 10.9. The van der Waals surface area contributed by atoms with Gasteiger partial charge >= 0.3 is 0 Å². The number of hydrogen-bond acceptors (Lipinski definition) is 6. The van der Waals surface area contributed by atoms with Crippen LogP contribution in [0.25, 0.3) is 11.1 Å². The number of carbonyl (C=O) groups excluding carboxylic acids is 1. The van der Waals surface area contributed by atoms with Crippen molar-refractivity contribution in [2.45, 2.75) is 25.3 Å². The Kier molecular flexibility index (Phi) is 6.66. The molecule has 4 rings (SSSR count). The summed E-state index contributed by atoms with van der Waals surface area (Å²) in [5.41, 5.74) is 2.22. The number of amides is 1. The van der Waals surface area contributed by atoms with E-state index in [1.54, 1.807) is 18.5 Å². The quantitative estimate of drug-likeness (QED) is 0.592. The number of nitrogens with one attached hydrogen (secondary N) is 3. The maximum absolute atomic E-state index is 12.5. The lowest BCUT2D eigenvalue weighted by molar-refractivity contribution is -0.125. The fraction of sp³-hybridized carbons (Fsp3) is 0.435. The van der Waals surface area contributed by atoms with Crippen LogP contribution in [0.4, 0.5) is 11.5 Å². The van der Waals surface area contributed by atoms with Gasteiger partial charge in [0.05, 0.1) is 0 Å². The molecule has 164 valence electrons. The smallest absolute Gasteiger partial charge is 0.271 e. The van der Waals surface area contributed by atoms with E-state index in [4.69, 9.17) is 0 Å². The fourth-order valence-electron chi connectivity index (χ4n) is 4.18. The van der Waals surface area contributed by atoms with E-state index >= 15 is 0 Å². The van der Waals surface area contributed by atoms with Gasteiger partial charge in [0, 0.05) is 56.8 Å². The van der Waals surface area contributed by atoms with E-state index in [1.807, 2.05) is 36.2 Å². The van der Waals surface area contributed by atoms with Gasteiger partial charge in [0.2, 0.25) is 5.91 Å². The Hall–Kier alpha value is -3.13. The van der Waals surface area contributed by atoms with Crippen molar-refractivity contribution in [3.05, 3.63) is 53.1 Å². The summed E-state index contributed by atoms with van der Waals surface area (Å²) in [5.74, 6) is 0.809. The Morgan fingerprint density at radius 3 is 2.90 bits per heavy atom. The molecule has 0 saturated carbocycles. The molecule has 2 aliphatic rings. The van der Waals surface area contributed by atoms with Crippen molar-refractivity contribution in [3.63, 3.8) is 0 Å². The third-order valence-electron chi connectivity index (χ3n) is 5.93. The Morgan fingerprint density at radius 1 is 1.26 bits per heavy atom. The standard InChI is InChI=1S/C23H30N6O2/c1-24-21-14-17(6-8-25-21)18-13-20(23(31)26-15-18)27-19-7-12-29(16-19)22(30)5-4-11-28-9-2-3-10-28/h4-6,8,13-15,19,27H,2-3,7,9-12,16H2,1H3,(H,24,25)(H,26,31)/b5-4+. The lowest BCUT2D eigenvalue weighted by atomic mass is 10.1. The topological polar surface area (TPSA) is 93.4 Å². The van der Waals surface area contributed by atoms with Gasteiger partial charge in [0.25, 0.3) is 5.56 Å². The van der Waals surface area contributed by atoms with Crippen LogP contribution in [0.5, 0.6) is 0 Å². The van der Waals surface area contributed by atoms with Crippen LogP contribution < -0.4 is 16.2 Å². The van der Waals surface area contributed by atoms with Crippen LogP contribution in [-0.2, 0) is 4.79 Å². The highest BCUT2D eigenvalue weighted by atomic mass is 16.2. The van der Waals surface area contributed by atoms with Crippen molar-refractivity contribution in [2.24, 2.45) is 0 Å². The summed E-state index contributed by atoms with van der Waals surface area (Å²) in [6.07, 6.45) is 10.4. The molecular formula is C23H30N6O2. The third kappa shape index (κ3) is 5.32. The normalized spacial score (nSPS) is 19.3. The van der Waals surface area contributed by atoms with Gasteiger partial charge in [-0.1, -0.05) is 6.08 Å². The molecule has 0 aliphatic carbocycles. The molecule has 3 N–H and O–H groups in total. The van der Waals surface area contributed by atoms with E-state index in [9.17, 15) is 9.59 Å². The van der Waals surface area contributed by atoms with E-state index < -0.39 is 0 Å². The SMILES string of the molecule is CNc1cc(-c2c[nH]c(=O)c(NC3CCN(C(=O)/C=C/CN4CCCC4)C3)c2)ccn1. The summed E-state index contributed by atoms with van der Waals surface area (Å²) >= 11 is 0. The highest BCUT2D eigenvalue weighted by Gasteiger charge is 2.25. The summed E-state index contributed by atoms with van der Waals surface area (Å²) in [6, 6.07) is 5.75. The van der Waals surface area contributed by atoms with Gasteiger partial charge in [-0.15, -0.1) is 0 Å². The Labute approximate surface area is 182 Å². The predicted octanol–water partition coefficient (Wildman–Crippen LogP) is 2.14. The van der Waals surface area contributed by atoms with E-state index in [-0.39, 0.29) is 17.5 Å². The van der Waals surface area contributed by atoms with Crippen LogP contribution in [-0.4, -0.2) is 71.5 Å². The summed E-state index contributed by atoms with van der Waals surface area (Å²) < 4.78 is 0. The maximum atomic E-state index is 12.5. The van der Waals surface area contributed by atoms with Crippen LogP contribution in [0, 0.1) is 0 Å². The molecule has 0 aromatic carbocycles. The number of aromatic amines is 1. The van der Waals surface area contributed by atoms with Gasteiger partial charge in [-0.2, -0.15) is 0 Å². The number of likely N-dealkylation sites (tertiary alicyclic amines) is 2. The largest absolute Gasteiger partial charge is 0.376 e. The predicted molar refractivity (Wildman–Crippen MR) is 123 cm³/mol. The average Bonchev–Trinajstić information content (AvgIpc) is 3.47. The molecule has 2 aromatic heterocycles. The number of aromatic nitrogens is 2. The minimum Gasteiger partial charge on any atom is -0.376 e. The first-order chi connectivity index (χ1) is 15.1. The second-order valence-corrected chi connectivity index (χ2v) is 8.14. The highest BCUT2D eigenvalue weighted by Crippen LogP contribution is 2.23. The first-order valence-electron chi connectivity index (χ1n) is 10.9. The van der Waals surface area contributed by atoms with Gasteiger partial charge in [-0.25, -0.2) is 4.98 Å². The number of anilines is 2. The third-order valence-corrected chi connectivity index (χ3v) is 5.93. The van der Waals surface area contributed by atoms with Gasteiger partial charge in [0.15, 0.2) is 0 Å². The lowest BCUT2D eigenvalue weighted by Crippen LogP contribution is -2.31. The number of H-pyrrole nitrogens is 1. The molecule has 8 heteroatoms. The lowest BCUT2D eigenvalue weighted by Gasteiger charge is -2.17. The molecule has 2 aliphatic heterocycles. The second-order valence-electron chi connectivity index (χ2n) is 8.14. The second kappa shape index (κ2) is 9.78. The number of nitrogens with zero attached hydrogens (tertiary/aromatic N) is 3. The molecule has 2 aromatic rings. The molecule has 2 saturated heterocycles. The van der Waals surface area contributed by atoms with Gasteiger partial charge < -0.3 is 20.5 Å². The van der Waals surface area contributed by atoms with E-state index in [1.165, 1.54) is 12.8 Å². The van der Waals surface area contributed by atoms with E-state index in [2.05, 4.69) is 25.5 Å². The monoisotopic (exact) mass is 422 g/mol. The molecule has 1 atom stereocenters. The highest BCUT2D eigenvalue weighted by molar-refractivity contribution is 5.88. The zero-order valence-corrected chi connectivity index (χ0v) is 17.9. The number of carbonyl (C=O) groups is 1. The number of rotatable bonds is 7. The van der Waals surface area contributed by atoms with Crippen LogP contribution in [0.1, 0.15) is 19.3 Å². The maximum Gasteiger partial charge on any atom is 0.271 e. The fourth-order valence-corrected chi connectivity index (χ4v) is 4.18. The van der Waals surface area contributed by atoms with Crippen LogP contribution >= 0.6 is 0 Å². The van der Waals surface area contributed by atoms with Crippen molar-refractivity contribution in [1.82, 2.24) is 19.8 Å². The van der Waals surface area contributed by atoms with Crippen LogP contribution in [0.3, 0.4) is 0 Å². The molecular weight excluding hydrogens is 392 g/mol. The molecule has 0 spiro atoms. The summed E-state index contributed by atoms with van der Waals surface area (Å²) in [5, 5.41) is 6.36. The Bertz CT molecular complexity index is 996. The minimum absolute atomic E-state index is 0.0440. The average molecular weight is 423 g/mol. The Morgan fingerprint density at radius 2 is 2.10 bits per heavy atom. The van der Waals surface area contributed by atoms with Gasteiger partial charge in [0.1, 0.15) is 11.5 Å². The molecule has 2 fully saturated rings. The molecule has 4 heterocycles. The molecule has 1 amide bonds. The summed E-state index contributed by atoms with van der Waals surface area (Å²) in [4.78, 5) is 36.1. The minimum atomic E-state index is -0.165. The molecule has 0 bridgehead atoms. The van der Waals surface area contributed by atoms with E-state index in [0.29, 0.717) is 18.8 Å². The van der Waals surface area contributed by atoms with Gasteiger partial charge in [-0.05, 0) is 56.1 Å². The van der Waals surface area contributed by atoms with Crippen molar-refractivity contribution in [2.75, 3.05) is 50.4 Å². The summed E-state index contributed by atoms with van der Waals surface area (Å²) in [7, 11) is 1.82. The van der Waals surface area contributed by atoms with Gasteiger partial charge in [-0.3, -0.25) is 14.5 Å².